The Kier molecular flexibility index (Phi) is 7.37. The molecule has 9 nitrogen and oxygen atoms in total. The highest BCUT2D eigenvalue weighted by atomic mass is 16.5. The Morgan fingerprint density at radius 1 is 1.00 bits per heavy atom. The zero-order valence-electron chi connectivity index (χ0n) is 23.1. The van der Waals surface area contributed by atoms with Gasteiger partial charge in [-0.3, -0.25) is 4.90 Å². The van der Waals surface area contributed by atoms with Crippen molar-refractivity contribution in [2.75, 3.05) is 40.3 Å². The fourth-order valence-corrected chi connectivity index (χ4v) is 5.25. The van der Waals surface area contributed by atoms with Crippen LogP contribution < -0.4 is 0 Å². The number of ether oxygens (including phenoxy) is 1. The Balaban J connectivity index is 1.34. The van der Waals surface area contributed by atoms with Gasteiger partial charge in [-0.15, -0.1) is 0 Å². The van der Waals surface area contributed by atoms with Crippen molar-refractivity contribution < 1.29 is 14.6 Å². The van der Waals surface area contributed by atoms with E-state index in [1.807, 2.05) is 48.7 Å². The predicted molar refractivity (Wildman–Crippen MR) is 159 cm³/mol. The number of pyridine rings is 1. The number of benzene rings is 2. The van der Waals surface area contributed by atoms with Gasteiger partial charge >= 0.3 is 5.97 Å². The number of likely N-dealkylation sites (N-methyl/N-ethyl adjacent to an activating group) is 1. The molecule has 5 aromatic rings. The molecule has 0 spiro atoms. The topological polar surface area (TPSA) is 99.0 Å². The summed E-state index contributed by atoms with van der Waals surface area (Å²) in [6.07, 6.45) is 3.79. The molecule has 1 fully saturated rings. The first-order chi connectivity index (χ1) is 20.0. The molecule has 3 aromatic heterocycles. The van der Waals surface area contributed by atoms with E-state index in [-0.39, 0.29) is 5.88 Å². The predicted octanol–water partition coefficient (Wildman–Crippen LogP) is 4.76. The molecule has 1 aliphatic rings. The number of aromatic hydroxyl groups is 1. The molecule has 0 aliphatic carbocycles. The monoisotopic (exact) mass is 548 g/mol. The van der Waals surface area contributed by atoms with E-state index in [4.69, 9.17) is 14.7 Å². The lowest BCUT2D eigenvalue weighted by Gasteiger charge is -2.32. The minimum absolute atomic E-state index is 0.0323. The summed E-state index contributed by atoms with van der Waals surface area (Å²) in [6, 6.07) is 22.9. The molecule has 41 heavy (non-hydrogen) atoms. The average Bonchev–Trinajstić information content (AvgIpc) is 3.60. The third kappa shape index (κ3) is 5.50. The van der Waals surface area contributed by atoms with Crippen molar-refractivity contribution in [1.29, 1.82) is 0 Å². The number of nitrogens with one attached hydrogen (secondary N) is 1. The van der Waals surface area contributed by atoms with Crippen molar-refractivity contribution in [2.45, 2.75) is 6.54 Å². The summed E-state index contributed by atoms with van der Waals surface area (Å²) in [5.41, 5.74) is 4.82. The second-order valence-electron chi connectivity index (χ2n) is 10.3. The molecule has 2 aromatic carbocycles. The standard InChI is InChI=1S/C32H32N6O3/c1-36-15-17-37(18-16-36)21-25-9-6-14-38(25)28-13-11-24(20-33-28)34-30(22-7-4-3-5-8-22)29-26-12-10-23(32(40)41-2)19-27(26)35-31(29)39/h3-14,19-20,35,39H,15-18,21H2,1-2H3. The van der Waals surface area contributed by atoms with Gasteiger partial charge in [0.1, 0.15) is 5.82 Å². The van der Waals surface area contributed by atoms with Crippen LogP contribution in [0, 0.1) is 0 Å². The molecule has 9 heteroatoms. The normalized spacial score (nSPS) is 14.9. The number of rotatable bonds is 7. The lowest BCUT2D eigenvalue weighted by Crippen LogP contribution is -2.44. The third-order valence-corrected chi connectivity index (χ3v) is 7.52. The van der Waals surface area contributed by atoms with E-state index in [0.717, 1.165) is 49.5 Å². The number of H-pyrrole nitrogens is 1. The van der Waals surface area contributed by atoms with Gasteiger partial charge in [0.05, 0.1) is 35.8 Å². The Hall–Kier alpha value is -4.73. The molecule has 0 atom stereocenters. The molecule has 0 amide bonds. The number of hydrogen-bond donors (Lipinski definition) is 2. The molecular weight excluding hydrogens is 516 g/mol. The van der Waals surface area contributed by atoms with Crippen LogP contribution in [0.15, 0.2) is 90.2 Å². The van der Waals surface area contributed by atoms with Crippen molar-refractivity contribution in [3.8, 4) is 11.7 Å². The highest BCUT2D eigenvalue weighted by molar-refractivity contribution is 6.22. The second-order valence-corrected chi connectivity index (χ2v) is 10.3. The fourth-order valence-electron chi connectivity index (χ4n) is 5.25. The van der Waals surface area contributed by atoms with Gasteiger partial charge in [0.25, 0.3) is 0 Å². The number of methoxy groups -OCH3 is 1. The maximum Gasteiger partial charge on any atom is 0.337 e. The zero-order valence-corrected chi connectivity index (χ0v) is 23.1. The summed E-state index contributed by atoms with van der Waals surface area (Å²) in [7, 11) is 3.51. The minimum Gasteiger partial charge on any atom is -0.494 e. The van der Waals surface area contributed by atoms with Gasteiger partial charge in [-0.1, -0.05) is 36.4 Å². The van der Waals surface area contributed by atoms with Crippen LogP contribution in [0.1, 0.15) is 27.2 Å². The molecule has 0 unspecified atom stereocenters. The molecule has 0 saturated carbocycles. The van der Waals surface area contributed by atoms with Gasteiger partial charge in [-0.05, 0) is 43.4 Å². The molecule has 0 radical (unpaired) electrons. The van der Waals surface area contributed by atoms with Crippen LogP contribution in [0.4, 0.5) is 5.69 Å². The van der Waals surface area contributed by atoms with Crippen LogP contribution in [-0.2, 0) is 11.3 Å². The van der Waals surface area contributed by atoms with Gasteiger partial charge < -0.3 is 24.3 Å². The molecule has 208 valence electrons. The SMILES string of the molecule is COC(=O)c1ccc2c(C(=Nc3ccc(-n4cccc4CN4CCN(C)CC4)nc3)c3ccccc3)c(O)[nH]c2c1. The van der Waals surface area contributed by atoms with Crippen molar-refractivity contribution in [1.82, 2.24) is 24.3 Å². The molecule has 6 rings (SSSR count). The lowest BCUT2D eigenvalue weighted by atomic mass is 10.00. The average molecular weight is 549 g/mol. The summed E-state index contributed by atoms with van der Waals surface area (Å²) in [5.74, 6) is 0.347. The third-order valence-electron chi connectivity index (χ3n) is 7.52. The molecular formula is C32H32N6O3. The second kappa shape index (κ2) is 11.4. The zero-order chi connectivity index (χ0) is 28.3. The summed E-state index contributed by atoms with van der Waals surface area (Å²) >= 11 is 0. The number of aromatic nitrogens is 3. The van der Waals surface area contributed by atoms with E-state index in [2.05, 4.69) is 38.5 Å². The van der Waals surface area contributed by atoms with Crippen molar-refractivity contribution in [3.63, 3.8) is 0 Å². The number of aliphatic imine (C=N–C) groups is 1. The summed E-state index contributed by atoms with van der Waals surface area (Å²) in [5, 5.41) is 11.7. The smallest absolute Gasteiger partial charge is 0.337 e. The number of fused-ring (bicyclic) bond motifs is 1. The first-order valence-corrected chi connectivity index (χ1v) is 13.6. The number of carbonyl (C=O) groups excluding carboxylic acids is 1. The van der Waals surface area contributed by atoms with Gasteiger partial charge in [0.15, 0.2) is 5.88 Å². The first-order valence-electron chi connectivity index (χ1n) is 13.6. The van der Waals surface area contributed by atoms with E-state index < -0.39 is 5.97 Å². The van der Waals surface area contributed by atoms with Crippen LogP contribution >= 0.6 is 0 Å². The highest BCUT2D eigenvalue weighted by Gasteiger charge is 2.20. The van der Waals surface area contributed by atoms with Crippen LogP contribution in [0.5, 0.6) is 5.88 Å². The van der Waals surface area contributed by atoms with Gasteiger partial charge in [0, 0.05) is 61.1 Å². The summed E-state index contributed by atoms with van der Waals surface area (Å²) in [4.78, 5) is 29.6. The van der Waals surface area contributed by atoms with Crippen LogP contribution in [-0.4, -0.2) is 81.5 Å². The number of nitrogens with zero attached hydrogens (tertiary/aromatic N) is 5. The Morgan fingerprint density at radius 3 is 2.54 bits per heavy atom. The van der Waals surface area contributed by atoms with Crippen LogP contribution in [0.2, 0.25) is 0 Å². The number of piperazine rings is 1. The van der Waals surface area contributed by atoms with Gasteiger partial charge in [-0.25, -0.2) is 14.8 Å². The van der Waals surface area contributed by atoms with Crippen molar-refractivity contribution in [2.24, 2.45) is 4.99 Å². The van der Waals surface area contributed by atoms with Crippen LogP contribution in [0.25, 0.3) is 16.7 Å². The maximum atomic E-state index is 12.1. The summed E-state index contributed by atoms with van der Waals surface area (Å²) < 4.78 is 6.97. The Labute approximate surface area is 238 Å². The fraction of sp³-hybridized carbons (Fsp3) is 0.219. The van der Waals surface area contributed by atoms with E-state index in [1.165, 1.54) is 12.8 Å². The Bertz CT molecular complexity index is 1700. The first kappa shape index (κ1) is 26.5. The van der Waals surface area contributed by atoms with E-state index in [9.17, 15) is 9.90 Å². The molecule has 0 bridgehead atoms. The number of hydrogen-bond acceptors (Lipinski definition) is 7. The highest BCUT2D eigenvalue weighted by Crippen LogP contribution is 2.32. The lowest BCUT2D eigenvalue weighted by molar-refractivity contribution is 0.0601. The number of aromatic amines is 1. The summed E-state index contributed by atoms with van der Waals surface area (Å²) in [6.45, 7) is 5.13. The van der Waals surface area contributed by atoms with Gasteiger partial charge in [-0.2, -0.15) is 0 Å². The molecule has 1 aliphatic heterocycles. The van der Waals surface area contributed by atoms with E-state index in [1.54, 1.807) is 24.4 Å². The molecule has 1 saturated heterocycles. The van der Waals surface area contributed by atoms with E-state index >= 15 is 0 Å². The van der Waals surface area contributed by atoms with E-state index in [0.29, 0.717) is 28.0 Å². The van der Waals surface area contributed by atoms with Crippen LogP contribution in [0.3, 0.4) is 0 Å². The quantitative estimate of drug-likeness (QED) is 0.225. The van der Waals surface area contributed by atoms with Crippen molar-refractivity contribution in [3.05, 3.63) is 108 Å². The molecule has 2 N–H and O–H groups in total. The largest absolute Gasteiger partial charge is 0.494 e. The number of esters is 1. The van der Waals surface area contributed by atoms with Gasteiger partial charge in [0.2, 0.25) is 0 Å². The maximum absolute atomic E-state index is 12.1. The molecule has 4 heterocycles. The Morgan fingerprint density at radius 2 is 1.80 bits per heavy atom. The van der Waals surface area contributed by atoms with Crippen molar-refractivity contribution >= 4 is 28.3 Å². The number of carbonyl (C=O) groups is 1. The minimum atomic E-state index is -0.444.